The third kappa shape index (κ3) is 2.48. The maximum Gasteiger partial charge on any atom is 0.0825 e. The van der Waals surface area contributed by atoms with Crippen LogP contribution in [0.2, 0.25) is 0 Å². The van der Waals surface area contributed by atoms with Gasteiger partial charge in [0.15, 0.2) is 0 Å². The van der Waals surface area contributed by atoms with Gasteiger partial charge in [-0.05, 0) is 32.2 Å². The van der Waals surface area contributed by atoms with Crippen LogP contribution in [0.3, 0.4) is 0 Å². The standard InChI is InChI=1S/C12H25NO/c1-5-12(6-2,14-4)11(13-3)9-10-7-8-10/h10-11,13H,5-9H2,1-4H3. The first kappa shape index (κ1) is 12.0. The molecule has 1 aliphatic carbocycles. The van der Waals surface area contributed by atoms with E-state index in [9.17, 15) is 0 Å². The summed E-state index contributed by atoms with van der Waals surface area (Å²) in [7, 11) is 3.91. The Balaban J connectivity index is 2.59. The quantitative estimate of drug-likeness (QED) is 0.680. The molecule has 0 saturated heterocycles. The van der Waals surface area contributed by atoms with Crippen molar-refractivity contribution in [3.8, 4) is 0 Å². The molecule has 0 aromatic heterocycles. The highest BCUT2D eigenvalue weighted by atomic mass is 16.5. The highest BCUT2D eigenvalue weighted by molar-refractivity contribution is 4.94. The molecule has 1 saturated carbocycles. The topological polar surface area (TPSA) is 21.3 Å². The highest BCUT2D eigenvalue weighted by Crippen LogP contribution is 2.38. The maximum absolute atomic E-state index is 5.76. The molecule has 1 N–H and O–H groups in total. The lowest BCUT2D eigenvalue weighted by Gasteiger charge is -2.38. The van der Waals surface area contributed by atoms with Crippen LogP contribution in [-0.4, -0.2) is 25.8 Å². The number of methoxy groups -OCH3 is 1. The molecule has 0 aliphatic heterocycles. The molecule has 0 aromatic carbocycles. The zero-order valence-electron chi connectivity index (χ0n) is 10.1. The molecule has 1 rings (SSSR count). The number of rotatable bonds is 7. The lowest BCUT2D eigenvalue weighted by molar-refractivity contribution is -0.0488. The van der Waals surface area contributed by atoms with Gasteiger partial charge in [-0.15, -0.1) is 0 Å². The average molecular weight is 199 g/mol. The van der Waals surface area contributed by atoms with Crippen LogP contribution in [0.15, 0.2) is 0 Å². The maximum atomic E-state index is 5.76. The molecule has 0 spiro atoms. The van der Waals surface area contributed by atoms with Crippen LogP contribution in [0.25, 0.3) is 0 Å². The van der Waals surface area contributed by atoms with Crippen LogP contribution in [0.5, 0.6) is 0 Å². The fraction of sp³-hybridized carbons (Fsp3) is 1.00. The normalized spacial score (nSPS) is 19.7. The van der Waals surface area contributed by atoms with Crippen LogP contribution in [-0.2, 0) is 4.74 Å². The van der Waals surface area contributed by atoms with Crippen molar-refractivity contribution in [1.82, 2.24) is 5.32 Å². The van der Waals surface area contributed by atoms with E-state index in [0.29, 0.717) is 6.04 Å². The SMILES string of the molecule is CCC(CC)(OC)C(CC1CC1)NC. The summed E-state index contributed by atoms with van der Waals surface area (Å²) in [4.78, 5) is 0. The van der Waals surface area contributed by atoms with Crippen LogP contribution in [0.4, 0.5) is 0 Å². The molecule has 2 nitrogen and oxygen atoms in total. The van der Waals surface area contributed by atoms with E-state index in [2.05, 4.69) is 26.2 Å². The fourth-order valence-corrected chi connectivity index (χ4v) is 2.46. The molecule has 0 bridgehead atoms. The molecule has 1 fully saturated rings. The molecule has 0 heterocycles. The fourth-order valence-electron chi connectivity index (χ4n) is 2.46. The Morgan fingerprint density at radius 2 is 1.93 bits per heavy atom. The molecule has 84 valence electrons. The second kappa shape index (κ2) is 5.13. The summed E-state index contributed by atoms with van der Waals surface area (Å²) in [6.07, 6.45) is 6.32. The van der Waals surface area contributed by atoms with Gasteiger partial charge in [0, 0.05) is 13.2 Å². The van der Waals surface area contributed by atoms with Gasteiger partial charge < -0.3 is 10.1 Å². The lowest BCUT2D eigenvalue weighted by atomic mass is 9.85. The Bertz CT molecular complexity index is 153. The Hall–Kier alpha value is -0.0800. The van der Waals surface area contributed by atoms with Gasteiger partial charge >= 0.3 is 0 Å². The summed E-state index contributed by atoms with van der Waals surface area (Å²) in [6, 6.07) is 0.523. The molecule has 1 unspecified atom stereocenters. The summed E-state index contributed by atoms with van der Waals surface area (Å²) < 4.78 is 5.76. The van der Waals surface area contributed by atoms with Gasteiger partial charge in [-0.2, -0.15) is 0 Å². The van der Waals surface area contributed by atoms with Crippen LogP contribution < -0.4 is 5.32 Å². The van der Waals surface area contributed by atoms with Crippen molar-refractivity contribution in [3.63, 3.8) is 0 Å². The third-order valence-electron chi connectivity index (χ3n) is 3.85. The molecule has 0 aromatic rings. The first-order valence-electron chi connectivity index (χ1n) is 5.94. The minimum Gasteiger partial charge on any atom is -0.377 e. The van der Waals surface area contributed by atoms with E-state index < -0.39 is 0 Å². The summed E-state index contributed by atoms with van der Waals surface area (Å²) in [5.41, 5.74) is 0.0529. The number of likely N-dealkylation sites (N-methyl/N-ethyl adjacent to an activating group) is 1. The molecule has 1 atom stereocenters. The smallest absolute Gasteiger partial charge is 0.0825 e. The van der Waals surface area contributed by atoms with Gasteiger partial charge in [0.05, 0.1) is 5.60 Å². The van der Waals surface area contributed by atoms with Crippen molar-refractivity contribution in [1.29, 1.82) is 0 Å². The van der Waals surface area contributed by atoms with E-state index in [1.165, 1.54) is 19.3 Å². The van der Waals surface area contributed by atoms with Crippen LogP contribution in [0, 0.1) is 5.92 Å². The largest absolute Gasteiger partial charge is 0.377 e. The number of nitrogens with one attached hydrogen (secondary N) is 1. The molecular formula is C12H25NO. The van der Waals surface area contributed by atoms with E-state index in [4.69, 9.17) is 4.74 Å². The minimum atomic E-state index is 0.0529. The highest BCUT2D eigenvalue weighted by Gasteiger charge is 2.38. The van der Waals surface area contributed by atoms with Crippen molar-refractivity contribution in [2.75, 3.05) is 14.2 Å². The first-order chi connectivity index (χ1) is 6.72. The Kier molecular flexibility index (Phi) is 4.39. The first-order valence-corrected chi connectivity index (χ1v) is 5.94. The Morgan fingerprint density at radius 3 is 2.21 bits per heavy atom. The van der Waals surface area contributed by atoms with Crippen molar-refractivity contribution in [2.45, 2.75) is 57.6 Å². The summed E-state index contributed by atoms with van der Waals surface area (Å²) >= 11 is 0. The monoisotopic (exact) mass is 199 g/mol. The van der Waals surface area contributed by atoms with E-state index in [0.717, 1.165) is 18.8 Å². The Morgan fingerprint density at radius 1 is 1.36 bits per heavy atom. The predicted octanol–water partition coefficient (Wildman–Crippen LogP) is 2.58. The number of hydrogen-bond acceptors (Lipinski definition) is 2. The predicted molar refractivity (Wildman–Crippen MR) is 60.5 cm³/mol. The molecule has 0 amide bonds. The van der Waals surface area contributed by atoms with E-state index >= 15 is 0 Å². The molecular weight excluding hydrogens is 174 g/mol. The number of ether oxygens (including phenoxy) is 1. The second-order valence-corrected chi connectivity index (χ2v) is 4.50. The average Bonchev–Trinajstić information content (AvgIpc) is 3.03. The van der Waals surface area contributed by atoms with Gasteiger partial charge in [-0.3, -0.25) is 0 Å². The second-order valence-electron chi connectivity index (χ2n) is 4.50. The number of hydrogen-bond donors (Lipinski definition) is 1. The Labute approximate surface area is 88.4 Å². The molecule has 2 heteroatoms. The molecule has 0 radical (unpaired) electrons. The van der Waals surface area contributed by atoms with E-state index in [1.807, 2.05) is 7.11 Å². The zero-order chi connectivity index (χ0) is 10.6. The zero-order valence-corrected chi connectivity index (χ0v) is 10.1. The molecule has 1 aliphatic rings. The molecule has 14 heavy (non-hydrogen) atoms. The van der Waals surface area contributed by atoms with Crippen LogP contribution >= 0.6 is 0 Å². The van der Waals surface area contributed by atoms with E-state index in [1.54, 1.807) is 0 Å². The minimum absolute atomic E-state index is 0.0529. The van der Waals surface area contributed by atoms with Crippen molar-refractivity contribution < 1.29 is 4.74 Å². The van der Waals surface area contributed by atoms with Crippen molar-refractivity contribution in [2.24, 2.45) is 5.92 Å². The lowest BCUT2D eigenvalue weighted by Crippen LogP contribution is -2.50. The summed E-state index contributed by atoms with van der Waals surface area (Å²) in [5.74, 6) is 0.958. The third-order valence-corrected chi connectivity index (χ3v) is 3.85. The van der Waals surface area contributed by atoms with Gasteiger partial charge in [0.1, 0.15) is 0 Å². The summed E-state index contributed by atoms with van der Waals surface area (Å²) in [5, 5.41) is 3.44. The van der Waals surface area contributed by atoms with Gasteiger partial charge in [0.25, 0.3) is 0 Å². The van der Waals surface area contributed by atoms with Gasteiger partial charge in [-0.1, -0.05) is 26.7 Å². The van der Waals surface area contributed by atoms with Crippen molar-refractivity contribution >= 4 is 0 Å². The van der Waals surface area contributed by atoms with Crippen molar-refractivity contribution in [3.05, 3.63) is 0 Å². The summed E-state index contributed by atoms with van der Waals surface area (Å²) in [6.45, 7) is 4.45. The van der Waals surface area contributed by atoms with Gasteiger partial charge in [-0.25, -0.2) is 0 Å². The van der Waals surface area contributed by atoms with Crippen LogP contribution in [0.1, 0.15) is 46.0 Å². The van der Waals surface area contributed by atoms with Gasteiger partial charge in [0.2, 0.25) is 0 Å². The van der Waals surface area contributed by atoms with E-state index in [-0.39, 0.29) is 5.60 Å².